The molecule has 0 radical (unpaired) electrons. The topological polar surface area (TPSA) is 46.3 Å². The van der Waals surface area contributed by atoms with Gasteiger partial charge in [0.2, 0.25) is 5.91 Å². The summed E-state index contributed by atoms with van der Waals surface area (Å²) in [5.74, 6) is -0.313. The third kappa shape index (κ3) is 3.73. The molecule has 100 valence electrons. The zero-order valence-corrected chi connectivity index (χ0v) is 10.2. The number of carbonyl (C=O) groups is 1. The number of hydrogen-bond acceptors (Lipinski definition) is 2. The second-order valence-corrected chi connectivity index (χ2v) is 4.18. The van der Waals surface area contributed by atoms with Crippen LogP contribution in [-0.2, 0) is 17.5 Å². The normalized spacial score (nSPS) is 13.2. The molecule has 2 N–H and O–H groups in total. The summed E-state index contributed by atoms with van der Waals surface area (Å²) < 4.78 is 37.5. The number of likely N-dealkylation sites (N-methyl/N-ethyl adjacent to an activating group) is 1. The quantitative estimate of drug-likeness (QED) is 0.903. The van der Waals surface area contributed by atoms with Crippen molar-refractivity contribution in [3.05, 3.63) is 35.4 Å². The fourth-order valence-electron chi connectivity index (χ4n) is 1.55. The van der Waals surface area contributed by atoms with Crippen LogP contribution in [0.4, 0.5) is 13.2 Å². The summed E-state index contributed by atoms with van der Waals surface area (Å²) in [5, 5.41) is 0. The molecule has 0 saturated heterocycles. The Morgan fingerprint density at radius 3 is 2.56 bits per heavy atom. The van der Waals surface area contributed by atoms with Crippen LogP contribution in [0.15, 0.2) is 24.3 Å². The highest BCUT2D eigenvalue weighted by atomic mass is 19.4. The molecule has 0 heterocycles. The van der Waals surface area contributed by atoms with Crippen LogP contribution in [0, 0.1) is 0 Å². The first-order valence-electron chi connectivity index (χ1n) is 5.38. The number of carbonyl (C=O) groups excluding carboxylic acids is 1. The minimum absolute atomic E-state index is 0.101. The Labute approximate surface area is 103 Å². The van der Waals surface area contributed by atoms with Crippen LogP contribution < -0.4 is 5.73 Å². The van der Waals surface area contributed by atoms with Gasteiger partial charge in [0, 0.05) is 13.6 Å². The standard InChI is InChI=1S/C12H15F3N2O/c1-8(16)11(18)17(2)7-9-4-3-5-10(6-9)12(13,14)15/h3-6,8H,7,16H2,1-2H3/t8-/m0/s1. The van der Waals surface area contributed by atoms with Crippen LogP contribution in [0.25, 0.3) is 0 Å². The van der Waals surface area contributed by atoms with Gasteiger partial charge in [-0.15, -0.1) is 0 Å². The van der Waals surface area contributed by atoms with Crippen molar-refractivity contribution in [3.63, 3.8) is 0 Å². The molecule has 1 aromatic rings. The van der Waals surface area contributed by atoms with E-state index in [1.165, 1.54) is 24.9 Å². The van der Waals surface area contributed by atoms with E-state index in [1.807, 2.05) is 0 Å². The van der Waals surface area contributed by atoms with Gasteiger partial charge in [0.1, 0.15) is 0 Å². The molecule has 0 aliphatic rings. The van der Waals surface area contributed by atoms with Crippen LogP contribution in [0.3, 0.4) is 0 Å². The highest BCUT2D eigenvalue weighted by Gasteiger charge is 2.30. The molecular weight excluding hydrogens is 245 g/mol. The Morgan fingerprint density at radius 1 is 1.44 bits per heavy atom. The average Bonchev–Trinajstić information content (AvgIpc) is 2.27. The van der Waals surface area contributed by atoms with Gasteiger partial charge < -0.3 is 10.6 Å². The van der Waals surface area contributed by atoms with E-state index in [0.29, 0.717) is 5.56 Å². The smallest absolute Gasteiger partial charge is 0.340 e. The molecule has 0 spiro atoms. The van der Waals surface area contributed by atoms with Crippen LogP contribution in [0.2, 0.25) is 0 Å². The van der Waals surface area contributed by atoms with Crippen molar-refractivity contribution < 1.29 is 18.0 Å². The molecule has 0 unspecified atom stereocenters. The van der Waals surface area contributed by atoms with Crippen molar-refractivity contribution in [3.8, 4) is 0 Å². The van der Waals surface area contributed by atoms with Crippen molar-refractivity contribution in [1.82, 2.24) is 4.90 Å². The molecule has 0 aliphatic heterocycles. The SMILES string of the molecule is C[C@H](N)C(=O)N(C)Cc1cccc(C(F)(F)F)c1. The predicted molar refractivity (Wildman–Crippen MR) is 61.6 cm³/mol. The van der Waals surface area contributed by atoms with E-state index in [9.17, 15) is 18.0 Å². The van der Waals surface area contributed by atoms with E-state index in [4.69, 9.17) is 5.73 Å². The number of amides is 1. The van der Waals surface area contributed by atoms with Crippen LogP contribution >= 0.6 is 0 Å². The molecule has 0 aliphatic carbocycles. The lowest BCUT2D eigenvalue weighted by atomic mass is 10.1. The maximum absolute atomic E-state index is 12.5. The second-order valence-electron chi connectivity index (χ2n) is 4.18. The molecule has 1 amide bonds. The van der Waals surface area contributed by atoms with Gasteiger partial charge in [-0.3, -0.25) is 4.79 Å². The van der Waals surface area contributed by atoms with Crippen LogP contribution in [0.5, 0.6) is 0 Å². The summed E-state index contributed by atoms with van der Waals surface area (Å²) >= 11 is 0. The van der Waals surface area contributed by atoms with E-state index in [-0.39, 0.29) is 12.5 Å². The third-order valence-corrected chi connectivity index (χ3v) is 2.44. The highest BCUT2D eigenvalue weighted by molar-refractivity contribution is 5.80. The van der Waals surface area contributed by atoms with Crippen LogP contribution in [-0.4, -0.2) is 23.9 Å². The fraction of sp³-hybridized carbons (Fsp3) is 0.417. The number of nitrogens with two attached hydrogens (primary N) is 1. The van der Waals surface area contributed by atoms with Crippen molar-refractivity contribution in [1.29, 1.82) is 0 Å². The Hall–Kier alpha value is -1.56. The minimum Gasteiger partial charge on any atom is -0.340 e. The lowest BCUT2D eigenvalue weighted by Crippen LogP contribution is -2.39. The summed E-state index contributed by atoms with van der Waals surface area (Å²) in [4.78, 5) is 12.8. The number of rotatable bonds is 3. The number of alkyl halides is 3. The first-order chi connectivity index (χ1) is 8.21. The summed E-state index contributed by atoms with van der Waals surface area (Å²) in [5.41, 5.74) is 5.12. The molecular formula is C12H15F3N2O. The van der Waals surface area contributed by atoms with Gasteiger partial charge in [0.25, 0.3) is 0 Å². The van der Waals surface area contributed by atoms with E-state index < -0.39 is 17.8 Å². The molecule has 3 nitrogen and oxygen atoms in total. The largest absolute Gasteiger partial charge is 0.416 e. The molecule has 0 aromatic heterocycles. The maximum atomic E-state index is 12.5. The zero-order chi connectivity index (χ0) is 13.9. The molecule has 6 heteroatoms. The van der Waals surface area contributed by atoms with E-state index >= 15 is 0 Å². The van der Waals surface area contributed by atoms with Crippen molar-refractivity contribution in [2.75, 3.05) is 7.05 Å². The Kier molecular flexibility index (Phi) is 4.34. The fourth-order valence-corrected chi connectivity index (χ4v) is 1.55. The highest BCUT2D eigenvalue weighted by Crippen LogP contribution is 2.29. The van der Waals surface area contributed by atoms with Crippen molar-refractivity contribution >= 4 is 5.91 Å². The minimum atomic E-state index is -4.38. The zero-order valence-electron chi connectivity index (χ0n) is 10.2. The molecule has 1 aromatic carbocycles. The van der Waals surface area contributed by atoms with Gasteiger partial charge in [-0.2, -0.15) is 13.2 Å². The lowest BCUT2D eigenvalue weighted by Gasteiger charge is -2.19. The molecule has 1 atom stereocenters. The van der Waals surface area contributed by atoms with Crippen molar-refractivity contribution in [2.45, 2.75) is 25.7 Å². The van der Waals surface area contributed by atoms with Gasteiger partial charge in [-0.1, -0.05) is 12.1 Å². The monoisotopic (exact) mass is 260 g/mol. The van der Waals surface area contributed by atoms with Gasteiger partial charge >= 0.3 is 6.18 Å². The van der Waals surface area contributed by atoms with Gasteiger partial charge in [0.15, 0.2) is 0 Å². The van der Waals surface area contributed by atoms with Crippen LogP contribution in [0.1, 0.15) is 18.1 Å². The second kappa shape index (κ2) is 5.39. The molecule has 18 heavy (non-hydrogen) atoms. The van der Waals surface area contributed by atoms with E-state index in [1.54, 1.807) is 6.07 Å². The van der Waals surface area contributed by atoms with E-state index in [0.717, 1.165) is 12.1 Å². The first-order valence-corrected chi connectivity index (χ1v) is 5.38. The van der Waals surface area contributed by atoms with Gasteiger partial charge in [-0.25, -0.2) is 0 Å². The summed E-state index contributed by atoms with van der Waals surface area (Å²) in [6.07, 6.45) is -4.38. The number of halogens is 3. The summed E-state index contributed by atoms with van der Waals surface area (Å²) in [6.45, 7) is 1.63. The lowest BCUT2D eigenvalue weighted by molar-refractivity contribution is -0.137. The summed E-state index contributed by atoms with van der Waals surface area (Å²) in [6, 6.07) is 4.23. The van der Waals surface area contributed by atoms with Gasteiger partial charge in [-0.05, 0) is 24.6 Å². The molecule has 0 bridgehead atoms. The average molecular weight is 260 g/mol. The Bertz CT molecular complexity index is 430. The van der Waals surface area contributed by atoms with E-state index in [2.05, 4.69) is 0 Å². The molecule has 0 saturated carbocycles. The first kappa shape index (κ1) is 14.5. The number of benzene rings is 1. The number of nitrogens with zero attached hydrogens (tertiary/aromatic N) is 1. The van der Waals surface area contributed by atoms with Gasteiger partial charge in [0.05, 0.1) is 11.6 Å². The Morgan fingerprint density at radius 2 is 2.06 bits per heavy atom. The third-order valence-electron chi connectivity index (χ3n) is 2.44. The number of hydrogen-bond donors (Lipinski definition) is 1. The molecule has 1 rings (SSSR count). The maximum Gasteiger partial charge on any atom is 0.416 e. The Balaban J connectivity index is 2.83. The summed E-state index contributed by atoms with van der Waals surface area (Å²) in [7, 11) is 1.51. The predicted octanol–water partition coefficient (Wildman–Crippen LogP) is 2.01. The molecule has 0 fully saturated rings. The van der Waals surface area contributed by atoms with Crippen molar-refractivity contribution in [2.24, 2.45) is 5.73 Å².